The molecule has 3 nitrogen and oxygen atoms in total. The van der Waals surface area contributed by atoms with Gasteiger partial charge in [0.05, 0.1) is 11.2 Å². The van der Waals surface area contributed by atoms with Crippen molar-refractivity contribution in [3.63, 3.8) is 0 Å². The van der Waals surface area contributed by atoms with Gasteiger partial charge in [0.2, 0.25) is 0 Å². The lowest BCUT2D eigenvalue weighted by atomic mass is 9.74. The lowest BCUT2D eigenvalue weighted by Crippen LogP contribution is -2.41. The SMILES string of the molecule is C=CC1=C(C=C)C(C)(C)c2cc(N(c3ccc(C(/C=C\C)=C/C)cc3)c3ccc4c(c3)C(C)(C)c3cc(B5OC(C)(C)C(C)(C)O5)ccc3-4)ccc21.CC. The summed E-state index contributed by atoms with van der Waals surface area (Å²) in [7, 11) is -0.401. The minimum absolute atomic E-state index is 0.199. The number of benzene rings is 4. The molecule has 0 bridgehead atoms. The molecule has 7 rings (SSSR count). The number of nitrogens with zero attached hydrogens (tertiary/aromatic N) is 1. The van der Waals surface area contributed by atoms with E-state index in [1.807, 2.05) is 26.0 Å². The minimum Gasteiger partial charge on any atom is -0.399 e. The van der Waals surface area contributed by atoms with Gasteiger partial charge in [-0.3, -0.25) is 0 Å². The molecule has 4 aromatic carbocycles. The van der Waals surface area contributed by atoms with E-state index in [2.05, 4.69) is 184 Å². The second kappa shape index (κ2) is 14.2. The van der Waals surface area contributed by atoms with Crippen molar-refractivity contribution < 1.29 is 9.31 Å². The van der Waals surface area contributed by atoms with Crippen LogP contribution in [0.15, 0.2) is 128 Å². The van der Waals surface area contributed by atoms with E-state index in [-0.39, 0.29) is 10.8 Å². The van der Waals surface area contributed by atoms with Crippen LogP contribution in [0.4, 0.5) is 17.1 Å². The Hall–Kier alpha value is -4.64. The van der Waals surface area contributed by atoms with Gasteiger partial charge in [-0.15, -0.1) is 0 Å². The molecule has 0 amide bonds. The Balaban J connectivity index is 0.00000245. The van der Waals surface area contributed by atoms with Crippen LogP contribution >= 0.6 is 0 Å². The Morgan fingerprint density at radius 1 is 0.611 bits per heavy atom. The van der Waals surface area contributed by atoms with Gasteiger partial charge in [-0.2, -0.15) is 0 Å². The third kappa shape index (κ3) is 6.18. The lowest BCUT2D eigenvalue weighted by molar-refractivity contribution is 0.00578. The largest absolute Gasteiger partial charge is 0.494 e. The summed E-state index contributed by atoms with van der Waals surface area (Å²) in [6.07, 6.45) is 10.4. The topological polar surface area (TPSA) is 21.7 Å². The zero-order valence-electron chi connectivity index (χ0n) is 34.6. The van der Waals surface area contributed by atoms with Gasteiger partial charge in [-0.25, -0.2) is 0 Å². The lowest BCUT2D eigenvalue weighted by Gasteiger charge is -2.32. The predicted molar refractivity (Wildman–Crippen MR) is 235 cm³/mol. The van der Waals surface area contributed by atoms with E-state index in [0.717, 1.165) is 28.1 Å². The summed E-state index contributed by atoms with van der Waals surface area (Å²) < 4.78 is 12.9. The fraction of sp³-hybridized carbons (Fsp3) is 0.320. The molecule has 4 aromatic rings. The van der Waals surface area contributed by atoms with Gasteiger partial charge < -0.3 is 14.2 Å². The highest BCUT2D eigenvalue weighted by Gasteiger charge is 2.52. The molecular weight excluding hydrogens is 657 g/mol. The second-order valence-electron chi connectivity index (χ2n) is 16.5. The molecule has 0 aromatic heterocycles. The molecule has 1 heterocycles. The van der Waals surface area contributed by atoms with Crippen molar-refractivity contribution in [3.05, 3.63) is 156 Å². The number of anilines is 3. The Labute approximate surface area is 326 Å². The fourth-order valence-corrected chi connectivity index (χ4v) is 8.43. The average Bonchev–Trinajstić information content (AvgIpc) is 3.63. The van der Waals surface area contributed by atoms with Crippen molar-refractivity contribution in [3.8, 4) is 11.1 Å². The number of hydrogen-bond donors (Lipinski definition) is 0. The summed E-state index contributed by atoms with van der Waals surface area (Å²) in [5.41, 5.74) is 15.6. The van der Waals surface area contributed by atoms with Crippen LogP contribution in [0.25, 0.3) is 22.3 Å². The van der Waals surface area contributed by atoms with Crippen LogP contribution in [0.3, 0.4) is 0 Å². The standard InChI is InChI=1S/C48H52BNO2.C2H6/c1-13-17-31(14-2)32-18-21-34(22-19-32)50(35-23-26-38-37(15-3)41(16-4)45(5,6)43(38)29-35)36-24-27-40-39-25-20-33(28-42(39)46(7,8)44(40)30-36)49-51-47(9,10)48(11,12)52-49;1-2/h13-30H,3-4H2,1-2,5-12H3;1-2H3/b17-13-,31-14+;. The molecule has 278 valence electrons. The minimum atomic E-state index is -0.401. The van der Waals surface area contributed by atoms with E-state index in [1.54, 1.807) is 0 Å². The first-order valence-electron chi connectivity index (χ1n) is 19.6. The molecule has 54 heavy (non-hydrogen) atoms. The molecule has 0 spiro atoms. The predicted octanol–water partition coefficient (Wildman–Crippen LogP) is 13.2. The van der Waals surface area contributed by atoms with Crippen LogP contribution < -0.4 is 10.4 Å². The van der Waals surface area contributed by atoms with Gasteiger partial charge in [0.25, 0.3) is 0 Å². The summed E-state index contributed by atoms with van der Waals surface area (Å²) in [5, 5.41) is 0. The van der Waals surface area contributed by atoms with Crippen molar-refractivity contribution in [1.29, 1.82) is 0 Å². The van der Waals surface area contributed by atoms with E-state index in [4.69, 9.17) is 9.31 Å². The summed E-state index contributed by atoms with van der Waals surface area (Å²) >= 11 is 0. The summed E-state index contributed by atoms with van der Waals surface area (Å²) in [6, 6.07) is 29.5. The van der Waals surface area contributed by atoms with Gasteiger partial charge in [-0.05, 0) is 139 Å². The fourth-order valence-electron chi connectivity index (χ4n) is 8.43. The van der Waals surface area contributed by atoms with Crippen LogP contribution in [-0.2, 0) is 20.1 Å². The monoisotopic (exact) mass is 715 g/mol. The molecule has 3 aliphatic rings. The number of rotatable bonds is 8. The van der Waals surface area contributed by atoms with Gasteiger partial charge >= 0.3 is 7.12 Å². The number of fused-ring (bicyclic) bond motifs is 4. The molecule has 4 heteroatoms. The van der Waals surface area contributed by atoms with Gasteiger partial charge in [0.15, 0.2) is 0 Å². The van der Waals surface area contributed by atoms with Crippen molar-refractivity contribution in [1.82, 2.24) is 0 Å². The van der Waals surface area contributed by atoms with Crippen LogP contribution in [-0.4, -0.2) is 18.3 Å². The molecule has 0 radical (unpaired) electrons. The van der Waals surface area contributed by atoms with Crippen molar-refractivity contribution in [2.75, 3.05) is 4.90 Å². The number of hydrogen-bond acceptors (Lipinski definition) is 3. The Morgan fingerprint density at radius 3 is 1.63 bits per heavy atom. The van der Waals surface area contributed by atoms with Gasteiger partial charge in [-0.1, -0.05) is 128 Å². The quantitative estimate of drug-likeness (QED) is 0.134. The van der Waals surface area contributed by atoms with Crippen molar-refractivity contribution in [2.45, 2.75) is 105 Å². The maximum Gasteiger partial charge on any atom is 0.494 e. The van der Waals surface area contributed by atoms with E-state index >= 15 is 0 Å². The van der Waals surface area contributed by atoms with E-state index in [1.165, 1.54) is 50.1 Å². The molecule has 2 aliphatic carbocycles. The zero-order valence-corrected chi connectivity index (χ0v) is 34.6. The molecule has 0 saturated carbocycles. The summed E-state index contributed by atoms with van der Waals surface area (Å²) in [4.78, 5) is 2.40. The number of allylic oxidation sites excluding steroid dienone is 8. The highest BCUT2D eigenvalue weighted by molar-refractivity contribution is 6.62. The van der Waals surface area contributed by atoms with Crippen molar-refractivity contribution in [2.24, 2.45) is 0 Å². The zero-order chi connectivity index (χ0) is 39.4. The third-order valence-electron chi connectivity index (χ3n) is 12.2. The maximum atomic E-state index is 6.47. The van der Waals surface area contributed by atoms with Gasteiger partial charge in [0, 0.05) is 27.9 Å². The summed E-state index contributed by atoms with van der Waals surface area (Å²) in [5.74, 6) is 0. The maximum absolute atomic E-state index is 6.47. The third-order valence-corrected chi connectivity index (χ3v) is 12.2. The molecule has 1 saturated heterocycles. The molecule has 0 N–H and O–H groups in total. The van der Waals surface area contributed by atoms with Crippen LogP contribution in [0.5, 0.6) is 0 Å². The first-order chi connectivity index (χ1) is 25.6. The van der Waals surface area contributed by atoms with E-state index in [9.17, 15) is 0 Å². The second-order valence-corrected chi connectivity index (χ2v) is 16.5. The van der Waals surface area contributed by atoms with Gasteiger partial charge in [0.1, 0.15) is 0 Å². The van der Waals surface area contributed by atoms with Crippen LogP contribution in [0.2, 0.25) is 0 Å². The Kier molecular flexibility index (Phi) is 10.3. The normalized spacial score (nSPS) is 18.5. The Bertz CT molecular complexity index is 2190. The molecule has 1 fully saturated rings. The molecule has 0 atom stereocenters. The smallest absolute Gasteiger partial charge is 0.399 e. The van der Waals surface area contributed by atoms with Crippen molar-refractivity contribution >= 4 is 40.8 Å². The molecule has 0 unspecified atom stereocenters. The molecule has 1 aliphatic heterocycles. The van der Waals surface area contributed by atoms with Crippen LogP contribution in [0, 0.1) is 0 Å². The molecular formula is C50H58BNO2. The first kappa shape index (κ1) is 39.1. The highest BCUT2D eigenvalue weighted by atomic mass is 16.7. The first-order valence-corrected chi connectivity index (χ1v) is 19.6. The average molecular weight is 716 g/mol. The van der Waals surface area contributed by atoms with E-state index in [0.29, 0.717) is 0 Å². The Morgan fingerprint density at radius 2 is 1.11 bits per heavy atom. The van der Waals surface area contributed by atoms with Crippen LogP contribution in [0.1, 0.15) is 111 Å². The summed E-state index contributed by atoms with van der Waals surface area (Å²) in [6.45, 7) is 34.2. The highest BCUT2D eigenvalue weighted by Crippen LogP contribution is 2.52. The van der Waals surface area contributed by atoms with E-state index < -0.39 is 18.3 Å².